The van der Waals surface area contributed by atoms with E-state index in [1.54, 1.807) is 6.92 Å². The fraction of sp³-hybridized carbons (Fsp3) is 0.778. The van der Waals surface area contributed by atoms with E-state index < -0.39 is 5.97 Å². The first-order valence-electron chi connectivity index (χ1n) is 4.34. The largest absolute Gasteiger partial charge is 0.481 e. The number of carboxylic acid groups (broad SMARTS) is 1. The van der Waals surface area contributed by atoms with Crippen molar-refractivity contribution in [2.24, 2.45) is 11.3 Å². The predicted octanol–water partition coefficient (Wildman–Crippen LogP) is 1.77. The Kier molecular flexibility index (Phi) is 3.01. The normalized spacial score (nSPS) is 20.8. The standard InChI is InChI=1S/C9H14O3S/c1-6(8(11)12)9(3-4-9)5-13-7(2)10/h6H,3-5H2,1-2H3,(H,11,12). The molecule has 1 saturated carbocycles. The second kappa shape index (κ2) is 3.70. The third kappa shape index (κ3) is 2.46. The second-order valence-corrected chi connectivity index (χ2v) is 4.85. The molecule has 1 rings (SSSR count). The summed E-state index contributed by atoms with van der Waals surface area (Å²) < 4.78 is 0. The first-order chi connectivity index (χ1) is 5.98. The molecule has 0 radical (unpaired) electrons. The molecule has 0 bridgehead atoms. The molecule has 4 heteroatoms. The number of carbonyl (C=O) groups excluding carboxylic acids is 1. The van der Waals surface area contributed by atoms with Crippen molar-refractivity contribution in [1.82, 2.24) is 0 Å². The highest BCUT2D eigenvalue weighted by Gasteiger charge is 2.50. The summed E-state index contributed by atoms with van der Waals surface area (Å²) in [7, 11) is 0. The van der Waals surface area contributed by atoms with Crippen molar-refractivity contribution in [1.29, 1.82) is 0 Å². The number of hydrogen-bond acceptors (Lipinski definition) is 3. The lowest BCUT2D eigenvalue weighted by Gasteiger charge is -2.18. The summed E-state index contributed by atoms with van der Waals surface area (Å²) >= 11 is 1.24. The van der Waals surface area contributed by atoms with Gasteiger partial charge >= 0.3 is 5.97 Å². The van der Waals surface area contributed by atoms with Crippen LogP contribution in [0.15, 0.2) is 0 Å². The number of hydrogen-bond donors (Lipinski definition) is 1. The molecule has 1 unspecified atom stereocenters. The van der Waals surface area contributed by atoms with Gasteiger partial charge in [0.1, 0.15) is 0 Å². The maximum absolute atomic E-state index is 10.7. The first kappa shape index (κ1) is 10.6. The van der Waals surface area contributed by atoms with Crippen molar-refractivity contribution in [3.05, 3.63) is 0 Å². The van der Waals surface area contributed by atoms with Crippen LogP contribution in [0.3, 0.4) is 0 Å². The average Bonchev–Trinajstić information content (AvgIpc) is 2.80. The summed E-state index contributed by atoms with van der Waals surface area (Å²) in [6, 6.07) is 0. The van der Waals surface area contributed by atoms with Gasteiger partial charge in [0.05, 0.1) is 5.92 Å². The van der Waals surface area contributed by atoms with Gasteiger partial charge in [0.15, 0.2) is 5.12 Å². The fourth-order valence-corrected chi connectivity index (χ4v) is 2.40. The van der Waals surface area contributed by atoms with E-state index in [1.165, 1.54) is 18.7 Å². The molecule has 0 saturated heterocycles. The molecule has 0 aromatic heterocycles. The number of carboxylic acids is 1. The van der Waals surface area contributed by atoms with Gasteiger partial charge in [-0.1, -0.05) is 18.7 Å². The van der Waals surface area contributed by atoms with Gasteiger partial charge in [-0.25, -0.2) is 0 Å². The Morgan fingerprint density at radius 1 is 1.54 bits per heavy atom. The Balaban J connectivity index is 2.47. The maximum Gasteiger partial charge on any atom is 0.306 e. The van der Waals surface area contributed by atoms with E-state index in [9.17, 15) is 9.59 Å². The van der Waals surface area contributed by atoms with Gasteiger partial charge in [0.2, 0.25) is 0 Å². The molecule has 0 aromatic carbocycles. The molecule has 0 amide bonds. The lowest BCUT2D eigenvalue weighted by atomic mass is 9.93. The molecule has 0 spiro atoms. The molecule has 0 heterocycles. The van der Waals surface area contributed by atoms with Crippen LogP contribution in [0.2, 0.25) is 0 Å². The van der Waals surface area contributed by atoms with Gasteiger partial charge in [-0.15, -0.1) is 0 Å². The molecule has 74 valence electrons. The van der Waals surface area contributed by atoms with Crippen LogP contribution >= 0.6 is 11.8 Å². The van der Waals surface area contributed by atoms with Crippen molar-refractivity contribution in [2.75, 3.05) is 5.75 Å². The van der Waals surface area contributed by atoms with Gasteiger partial charge < -0.3 is 5.11 Å². The number of aliphatic carboxylic acids is 1. The van der Waals surface area contributed by atoms with E-state index in [0.717, 1.165) is 12.8 Å². The second-order valence-electron chi connectivity index (χ2n) is 3.70. The SMILES string of the molecule is CC(=O)SCC1(C(C)C(=O)O)CC1. The van der Waals surface area contributed by atoms with Gasteiger partial charge in [-0.3, -0.25) is 9.59 Å². The molecule has 0 aromatic rings. The van der Waals surface area contributed by atoms with Crippen LogP contribution < -0.4 is 0 Å². The monoisotopic (exact) mass is 202 g/mol. The highest BCUT2D eigenvalue weighted by Crippen LogP contribution is 2.54. The van der Waals surface area contributed by atoms with Crippen molar-refractivity contribution >= 4 is 22.8 Å². The van der Waals surface area contributed by atoms with Crippen LogP contribution in [0.5, 0.6) is 0 Å². The Morgan fingerprint density at radius 2 is 2.08 bits per heavy atom. The minimum atomic E-state index is -0.748. The highest BCUT2D eigenvalue weighted by atomic mass is 32.2. The van der Waals surface area contributed by atoms with E-state index in [0.29, 0.717) is 5.75 Å². The molecule has 1 fully saturated rings. The van der Waals surface area contributed by atoms with E-state index in [-0.39, 0.29) is 16.4 Å². The topological polar surface area (TPSA) is 54.4 Å². The summed E-state index contributed by atoms with van der Waals surface area (Å²) in [5.74, 6) is -0.406. The Labute approximate surface area is 81.9 Å². The minimum absolute atomic E-state index is 0.0730. The van der Waals surface area contributed by atoms with Crippen LogP contribution in [0, 0.1) is 11.3 Å². The number of carbonyl (C=O) groups is 2. The van der Waals surface area contributed by atoms with Crippen molar-refractivity contribution in [3.8, 4) is 0 Å². The average molecular weight is 202 g/mol. The van der Waals surface area contributed by atoms with E-state index in [2.05, 4.69) is 0 Å². The fourth-order valence-electron chi connectivity index (χ4n) is 1.37. The molecule has 1 aliphatic rings. The molecule has 13 heavy (non-hydrogen) atoms. The van der Waals surface area contributed by atoms with Gasteiger partial charge in [0, 0.05) is 12.7 Å². The Hall–Kier alpha value is -0.510. The van der Waals surface area contributed by atoms with Gasteiger partial charge in [0.25, 0.3) is 0 Å². The van der Waals surface area contributed by atoms with Crippen molar-refractivity contribution < 1.29 is 14.7 Å². The molecule has 1 N–H and O–H groups in total. The lowest BCUT2D eigenvalue weighted by molar-refractivity contribution is -0.143. The Morgan fingerprint density at radius 3 is 2.38 bits per heavy atom. The van der Waals surface area contributed by atoms with E-state index in [1.807, 2.05) is 0 Å². The molecular formula is C9H14O3S. The van der Waals surface area contributed by atoms with Crippen LogP contribution in [0.1, 0.15) is 26.7 Å². The molecule has 3 nitrogen and oxygen atoms in total. The first-order valence-corrected chi connectivity index (χ1v) is 5.33. The van der Waals surface area contributed by atoms with Crippen LogP contribution in [0.4, 0.5) is 0 Å². The van der Waals surface area contributed by atoms with Crippen molar-refractivity contribution in [2.45, 2.75) is 26.7 Å². The molecule has 1 aliphatic carbocycles. The van der Waals surface area contributed by atoms with Gasteiger partial charge in [-0.05, 0) is 18.3 Å². The predicted molar refractivity (Wildman–Crippen MR) is 51.6 cm³/mol. The van der Waals surface area contributed by atoms with E-state index >= 15 is 0 Å². The summed E-state index contributed by atoms with van der Waals surface area (Å²) in [5, 5.41) is 8.90. The zero-order chi connectivity index (χ0) is 10.1. The molecule has 0 aliphatic heterocycles. The summed E-state index contributed by atoms with van der Waals surface area (Å²) in [6.07, 6.45) is 1.89. The van der Waals surface area contributed by atoms with Crippen molar-refractivity contribution in [3.63, 3.8) is 0 Å². The summed E-state index contributed by atoms with van der Waals surface area (Å²) in [4.78, 5) is 21.5. The third-order valence-corrected chi connectivity index (χ3v) is 3.87. The zero-order valence-electron chi connectivity index (χ0n) is 7.87. The third-order valence-electron chi connectivity index (χ3n) is 2.74. The molecule has 1 atom stereocenters. The van der Waals surface area contributed by atoms with Crippen LogP contribution in [-0.4, -0.2) is 21.9 Å². The molecular weight excluding hydrogens is 188 g/mol. The smallest absolute Gasteiger partial charge is 0.306 e. The maximum atomic E-state index is 10.7. The summed E-state index contributed by atoms with van der Waals surface area (Å²) in [6.45, 7) is 3.25. The summed E-state index contributed by atoms with van der Waals surface area (Å²) in [5.41, 5.74) is -0.0951. The Bertz CT molecular complexity index is 233. The van der Waals surface area contributed by atoms with E-state index in [4.69, 9.17) is 5.11 Å². The van der Waals surface area contributed by atoms with Crippen LogP contribution in [0.25, 0.3) is 0 Å². The van der Waals surface area contributed by atoms with Crippen LogP contribution in [-0.2, 0) is 9.59 Å². The number of thioether (sulfide) groups is 1. The highest BCUT2D eigenvalue weighted by molar-refractivity contribution is 8.13. The minimum Gasteiger partial charge on any atom is -0.481 e. The van der Waals surface area contributed by atoms with Gasteiger partial charge in [-0.2, -0.15) is 0 Å². The lowest BCUT2D eigenvalue weighted by Crippen LogP contribution is -2.24. The quantitative estimate of drug-likeness (QED) is 0.754. The zero-order valence-corrected chi connectivity index (χ0v) is 8.69. The number of rotatable bonds is 4.